The van der Waals surface area contributed by atoms with E-state index in [9.17, 15) is 4.79 Å². The molecular formula is C25H42N6O. The van der Waals surface area contributed by atoms with Crippen molar-refractivity contribution in [2.45, 2.75) is 45.2 Å². The van der Waals surface area contributed by atoms with Crippen LogP contribution in [0, 0.1) is 5.41 Å². The van der Waals surface area contributed by atoms with Crippen LogP contribution in [-0.4, -0.2) is 87.5 Å². The molecule has 3 rings (SSSR count). The monoisotopic (exact) mass is 442 g/mol. The summed E-state index contributed by atoms with van der Waals surface area (Å²) in [6, 6.07) is 8.89. The molecule has 1 amide bonds. The van der Waals surface area contributed by atoms with E-state index in [4.69, 9.17) is 0 Å². The number of rotatable bonds is 7. The molecule has 0 aromatic heterocycles. The highest BCUT2D eigenvalue weighted by atomic mass is 16.2. The van der Waals surface area contributed by atoms with Crippen LogP contribution < -0.4 is 10.6 Å². The fourth-order valence-electron chi connectivity index (χ4n) is 4.93. The third-order valence-electron chi connectivity index (χ3n) is 6.94. The van der Waals surface area contributed by atoms with Gasteiger partial charge in [-0.2, -0.15) is 0 Å². The second kappa shape index (κ2) is 11.7. The van der Waals surface area contributed by atoms with Crippen LogP contribution in [-0.2, 0) is 17.9 Å². The first-order valence-corrected chi connectivity index (χ1v) is 12.1. The van der Waals surface area contributed by atoms with E-state index >= 15 is 0 Å². The molecule has 0 unspecified atom stereocenters. The molecule has 32 heavy (non-hydrogen) atoms. The summed E-state index contributed by atoms with van der Waals surface area (Å²) in [6.45, 7) is 7.02. The Morgan fingerprint density at radius 1 is 1.00 bits per heavy atom. The van der Waals surface area contributed by atoms with Gasteiger partial charge >= 0.3 is 0 Å². The molecule has 1 saturated carbocycles. The van der Waals surface area contributed by atoms with E-state index in [0.717, 1.165) is 51.3 Å². The van der Waals surface area contributed by atoms with E-state index in [0.29, 0.717) is 13.1 Å². The Balaban J connectivity index is 1.48. The Morgan fingerprint density at radius 3 is 2.34 bits per heavy atom. The third kappa shape index (κ3) is 6.69. The highest BCUT2D eigenvalue weighted by Gasteiger charge is 2.42. The van der Waals surface area contributed by atoms with Gasteiger partial charge in [-0.1, -0.05) is 37.1 Å². The van der Waals surface area contributed by atoms with Crippen LogP contribution in [0.15, 0.2) is 29.3 Å². The normalized spacial score (nSPS) is 20.1. The van der Waals surface area contributed by atoms with Gasteiger partial charge in [0.05, 0.1) is 5.41 Å². The topological polar surface area (TPSA) is 63.2 Å². The van der Waals surface area contributed by atoms with E-state index in [-0.39, 0.29) is 11.3 Å². The van der Waals surface area contributed by atoms with Crippen LogP contribution in [0.5, 0.6) is 0 Å². The standard InChI is InChI=1S/C25H42N6O/c1-26-24(28-20-25(12-5-6-13-25)23(32)29(2)3)27-18-21-8-10-22(11-9-21)19-31-15-7-14-30(4)16-17-31/h8-11H,5-7,12-20H2,1-4H3,(H2,26,27,28). The number of guanidine groups is 1. The summed E-state index contributed by atoms with van der Waals surface area (Å²) in [6.07, 6.45) is 5.37. The van der Waals surface area contributed by atoms with Gasteiger partial charge in [-0.3, -0.25) is 14.7 Å². The fourth-order valence-corrected chi connectivity index (χ4v) is 4.93. The molecule has 2 fully saturated rings. The third-order valence-corrected chi connectivity index (χ3v) is 6.94. The van der Waals surface area contributed by atoms with Gasteiger partial charge in [-0.25, -0.2) is 0 Å². The highest BCUT2D eigenvalue weighted by molar-refractivity contribution is 5.85. The van der Waals surface area contributed by atoms with Crippen molar-refractivity contribution < 1.29 is 4.79 Å². The van der Waals surface area contributed by atoms with E-state index < -0.39 is 0 Å². The minimum absolute atomic E-state index is 0.226. The number of carbonyl (C=O) groups excluding carboxylic acids is 1. The number of nitrogens with zero attached hydrogens (tertiary/aromatic N) is 4. The Bertz CT molecular complexity index is 754. The van der Waals surface area contributed by atoms with Gasteiger partial charge in [0, 0.05) is 53.9 Å². The van der Waals surface area contributed by atoms with E-state index in [1.54, 1.807) is 11.9 Å². The number of likely N-dealkylation sites (N-methyl/N-ethyl adjacent to an activating group) is 1. The molecule has 0 radical (unpaired) electrons. The van der Waals surface area contributed by atoms with Gasteiger partial charge < -0.3 is 20.4 Å². The minimum Gasteiger partial charge on any atom is -0.355 e. The number of aliphatic imine (C=N–C) groups is 1. The predicted octanol–water partition coefficient (Wildman–Crippen LogP) is 2.14. The van der Waals surface area contributed by atoms with Crippen LogP contribution in [0.2, 0.25) is 0 Å². The predicted molar refractivity (Wildman–Crippen MR) is 132 cm³/mol. The molecular weight excluding hydrogens is 400 g/mol. The molecule has 1 heterocycles. The SMILES string of the molecule is CN=C(NCc1ccc(CN2CCCN(C)CC2)cc1)NCC1(C(=O)N(C)C)CCCC1. The molecule has 1 aliphatic heterocycles. The fraction of sp³-hybridized carbons (Fsp3) is 0.680. The summed E-state index contributed by atoms with van der Waals surface area (Å²) in [7, 11) is 7.70. The number of nitrogens with one attached hydrogen (secondary N) is 2. The summed E-state index contributed by atoms with van der Waals surface area (Å²) >= 11 is 0. The summed E-state index contributed by atoms with van der Waals surface area (Å²) in [5.41, 5.74) is 2.30. The van der Waals surface area contributed by atoms with Crippen molar-refractivity contribution in [1.29, 1.82) is 0 Å². The number of hydrogen-bond acceptors (Lipinski definition) is 4. The van der Waals surface area contributed by atoms with Gasteiger partial charge in [0.1, 0.15) is 0 Å². The number of amides is 1. The lowest BCUT2D eigenvalue weighted by Crippen LogP contribution is -2.49. The molecule has 178 valence electrons. The first kappa shape index (κ1) is 24.5. The van der Waals surface area contributed by atoms with Gasteiger partial charge in [-0.15, -0.1) is 0 Å². The average molecular weight is 443 g/mol. The van der Waals surface area contributed by atoms with Gasteiger partial charge in [0.15, 0.2) is 5.96 Å². The first-order chi connectivity index (χ1) is 15.4. The molecule has 0 atom stereocenters. The van der Waals surface area contributed by atoms with Crippen molar-refractivity contribution >= 4 is 11.9 Å². The van der Waals surface area contributed by atoms with Crippen LogP contribution in [0.1, 0.15) is 43.2 Å². The highest BCUT2D eigenvalue weighted by Crippen LogP contribution is 2.38. The van der Waals surface area contributed by atoms with Crippen molar-refractivity contribution in [2.75, 3.05) is 60.9 Å². The van der Waals surface area contributed by atoms with Gasteiger partial charge in [0.25, 0.3) is 0 Å². The largest absolute Gasteiger partial charge is 0.355 e. The first-order valence-electron chi connectivity index (χ1n) is 12.1. The Labute approximate surface area is 194 Å². The van der Waals surface area contributed by atoms with Crippen LogP contribution in [0.4, 0.5) is 0 Å². The molecule has 7 nitrogen and oxygen atoms in total. The summed E-state index contributed by atoms with van der Waals surface area (Å²) < 4.78 is 0. The zero-order valence-electron chi connectivity index (χ0n) is 20.5. The maximum Gasteiger partial charge on any atom is 0.230 e. The summed E-state index contributed by atoms with van der Waals surface area (Å²) in [4.78, 5) is 23.8. The molecule has 1 aliphatic carbocycles. The van der Waals surface area contributed by atoms with Crippen molar-refractivity contribution in [3.05, 3.63) is 35.4 Å². The van der Waals surface area contributed by atoms with E-state index in [1.807, 2.05) is 14.1 Å². The number of benzene rings is 1. The number of hydrogen-bond donors (Lipinski definition) is 2. The van der Waals surface area contributed by atoms with Crippen LogP contribution in [0.25, 0.3) is 0 Å². The van der Waals surface area contributed by atoms with Crippen LogP contribution >= 0.6 is 0 Å². The molecule has 1 aromatic rings. The average Bonchev–Trinajstić information content (AvgIpc) is 3.18. The molecule has 2 N–H and O–H groups in total. The summed E-state index contributed by atoms with van der Waals surface area (Å²) in [5, 5.41) is 6.82. The van der Waals surface area contributed by atoms with Crippen molar-refractivity contribution in [3.8, 4) is 0 Å². The van der Waals surface area contributed by atoms with Crippen LogP contribution in [0.3, 0.4) is 0 Å². The second-order valence-electron chi connectivity index (χ2n) is 9.72. The molecule has 0 spiro atoms. The summed E-state index contributed by atoms with van der Waals surface area (Å²) in [5.74, 6) is 0.977. The Morgan fingerprint density at radius 2 is 1.69 bits per heavy atom. The zero-order chi connectivity index (χ0) is 23.0. The second-order valence-corrected chi connectivity index (χ2v) is 9.72. The van der Waals surface area contributed by atoms with Crippen molar-refractivity contribution in [3.63, 3.8) is 0 Å². The Kier molecular flexibility index (Phi) is 8.93. The molecule has 0 bridgehead atoms. The Hall–Kier alpha value is -2.12. The maximum atomic E-state index is 12.8. The smallest absolute Gasteiger partial charge is 0.230 e. The number of carbonyl (C=O) groups is 1. The molecule has 1 saturated heterocycles. The van der Waals surface area contributed by atoms with Crippen molar-refractivity contribution in [2.24, 2.45) is 10.4 Å². The van der Waals surface area contributed by atoms with E-state index in [2.05, 4.69) is 56.7 Å². The van der Waals surface area contributed by atoms with Gasteiger partial charge in [0.2, 0.25) is 5.91 Å². The maximum absolute atomic E-state index is 12.8. The lowest BCUT2D eigenvalue weighted by atomic mass is 9.84. The molecule has 7 heteroatoms. The lowest BCUT2D eigenvalue weighted by molar-refractivity contribution is -0.138. The minimum atomic E-state index is -0.301. The molecule has 2 aliphatic rings. The molecule has 1 aromatic carbocycles. The zero-order valence-corrected chi connectivity index (χ0v) is 20.5. The van der Waals surface area contributed by atoms with Gasteiger partial charge in [-0.05, 0) is 50.5 Å². The van der Waals surface area contributed by atoms with Crippen molar-refractivity contribution in [1.82, 2.24) is 25.3 Å². The lowest BCUT2D eigenvalue weighted by Gasteiger charge is -2.31. The quantitative estimate of drug-likeness (QED) is 0.500. The van der Waals surface area contributed by atoms with E-state index in [1.165, 1.54) is 30.6 Å².